The van der Waals surface area contributed by atoms with E-state index in [0.717, 1.165) is 25.2 Å². The minimum Gasteiger partial charge on any atom is -0.480 e. The number of hydrogen-bond acceptors (Lipinski definition) is 6. The quantitative estimate of drug-likeness (QED) is 0.460. The predicted octanol–water partition coefficient (Wildman–Crippen LogP) is 4.74. The van der Waals surface area contributed by atoms with Crippen molar-refractivity contribution >= 4 is 63.5 Å². The molecule has 2 aromatic rings. The molecule has 9 heteroatoms. The van der Waals surface area contributed by atoms with Crippen LogP contribution in [0.2, 0.25) is 5.02 Å². The summed E-state index contributed by atoms with van der Waals surface area (Å²) in [6.07, 6.45) is 5.59. The first-order valence-corrected chi connectivity index (χ1v) is 12.9. The Labute approximate surface area is 213 Å². The summed E-state index contributed by atoms with van der Waals surface area (Å²) in [5, 5.41) is 3.00. The van der Waals surface area contributed by atoms with Crippen LogP contribution in [-0.2, 0) is 22.7 Å². The Kier molecular flexibility index (Phi) is 6.92. The number of rotatable bonds is 5. The Morgan fingerprint density at radius 1 is 1.06 bits per heavy atom. The van der Waals surface area contributed by atoms with E-state index in [1.807, 2.05) is 6.07 Å². The lowest BCUT2D eigenvalue weighted by atomic mass is 10.1. The first-order chi connectivity index (χ1) is 16.5. The lowest BCUT2D eigenvalue weighted by molar-refractivity contribution is -0.121. The van der Waals surface area contributed by atoms with E-state index in [1.54, 1.807) is 17.0 Å². The summed E-state index contributed by atoms with van der Waals surface area (Å²) in [4.78, 5) is 29.5. The molecule has 34 heavy (non-hydrogen) atoms. The van der Waals surface area contributed by atoms with E-state index < -0.39 is 0 Å². The van der Waals surface area contributed by atoms with E-state index in [-0.39, 0.29) is 18.4 Å². The van der Waals surface area contributed by atoms with Crippen LogP contribution in [-0.4, -0.2) is 40.7 Å². The van der Waals surface area contributed by atoms with Gasteiger partial charge in [-0.05, 0) is 60.8 Å². The molecule has 5 rings (SSSR count). The Morgan fingerprint density at radius 2 is 1.76 bits per heavy atom. The van der Waals surface area contributed by atoms with E-state index in [4.69, 9.17) is 28.6 Å². The summed E-state index contributed by atoms with van der Waals surface area (Å²) < 4.78 is 6.07. The minimum atomic E-state index is -0.238. The zero-order valence-electron chi connectivity index (χ0n) is 18.5. The number of hydrogen-bond donors (Lipinski definition) is 1. The van der Waals surface area contributed by atoms with Gasteiger partial charge in [-0.25, -0.2) is 0 Å². The van der Waals surface area contributed by atoms with Crippen LogP contribution in [0.25, 0.3) is 6.08 Å². The molecule has 3 heterocycles. The fraction of sp³-hybridized carbons (Fsp3) is 0.320. The third-order valence-corrected chi connectivity index (χ3v) is 7.58. The number of anilines is 1. The van der Waals surface area contributed by atoms with Crippen LogP contribution in [0.5, 0.6) is 5.75 Å². The predicted molar refractivity (Wildman–Crippen MR) is 140 cm³/mol. The van der Waals surface area contributed by atoms with Gasteiger partial charge in [-0.1, -0.05) is 66.3 Å². The normalized spacial score (nSPS) is 19.9. The molecule has 0 aliphatic carbocycles. The molecular weight excluding hydrogens is 490 g/mol. The molecule has 2 fully saturated rings. The van der Waals surface area contributed by atoms with Gasteiger partial charge in [0.1, 0.15) is 4.32 Å². The molecule has 0 aromatic heterocycles. The number of fused-ring (bicyclic) bond motifs is 1. The summed E-state index contributed by atoms with van der Waals surface area (Å²) in [6, 6.07) is 12.0. The third-order valence-electron chi connectivity index (χ3n) is 6.14. The largest absolute Gasteiger partial charge is 0.480 e. The molecule has 2 amide bonds. The van der Waals surface area contributed by atoms with Crippen LogP contribution in [0.4, 0.5) is 5.69 Å². The van der Waals surface area contributed by atoms with Crippen molar-refractivity contribution in [1.29, 1.82) is 0 Å². The lowest BCUT2D eigenvalue weighted by Crippen LogP contribution is -2.38. The molecule has 1 N–H and O–H groups in total. The highest BCUT2D eigenvalue weighted by molar-refractivity contribution is 8.26. The topological polar surface area (TPSA) is 61.9 Å². The number of nitrogens with zero attached hydrogens (tertiary/aromatic N) is 2. The van der Waals surface area contributed by atoms with Crippen molar-refractivity contribution in [2.24, 2.45) is 0 Å². The Bertz CT molecular complexity index is 1180. The first kappa shape index (κ1) is 23.4. The molecule has 2 aromatic carbocycles. The number of ether oxygens (including phenoxy) is 1. The average molecular weight is 514 g/mol. The number of amides is 2. The molecule has 0 radical (unpaired) electrons. The van der Waals surface area contributed by atoms with E-state index in [0.29, 0.717) is 37.8 Å². The van der Waals surface area contributed by atoms with Crippen molar-refractivity contribution in [3.63, 3.8) is 0 Å². The molecule has 0 spiro atoms. The summed E-state index contributed by atoms with van der Waals surface area (Å²) in [5.41, 5.74) is 3.60. The molecular formula is C25H24ClN3O3S2. The molecule has 3 aliphatic rings. The number of likely N-dealkylation sites (tertiary alicyclic amines) is 1. The standard InChI is InChI=1S/C25H24ClN3O3S2/c26-19-10-18(12-21-24(31)27-25(33)34-21)11-20-23(19)32-15-22(30)29(20)14-17-6-4-16(5-7-17)13-28-8-2-1-3-9-28/h4-7,10-12H,1-3,8-9,13-15H2,(H,27,31,33)/b21-12+. The zero-order chi connectivity index (χ0) is 23.7. The second-order valence-corrected chi connectivity index (χ2v) is 10.8. The van der Waals surface area contributed by atoms with Gasteiger partial charge in [-0.15, -0.1) is 0 Å². The molecule has 0 bridgehead atoms. The van der Waals surface area contributed by atoms with Gasteiger partial charge in [0.25, 0.3) is 11.8 Å². The van der Waals surface area contributed by atoms with Crippen molar-refractivity contribution in [3.05, 3.63) is 63.0 Å². The maximum absolute atomic E-state index is 12.8. The van der Waals surface area contributed by atoms with Gasteiger partial charge in [-0.3, -0.25) is 14.5 Å². The fourth-order valence-electron chi connectivity index (χ4n) is 4.43. The lowest BCUT2D eigenvalue weighted by Gasteiger charge is -2.30. The SMILES string of the molecule is O=C1NC(=S)S/C1=C/c1cc(Cl)c2c(c1)N(Cc1ccc(CN3CCCCC3)cc1)C(=O)CO2. The van der Waals surface area contributed by atoms with Gasteiger partial charge >= 0.3 is 0 Å². The van der Waals surface area contributed by atoms with Gasteiger partial charge in [0.2, 0.25) is 0 Å². The Morgan fingerprint density at radius 3 is 2.44 bits per heavy atom. The minimum absolute atomic E-state index is 0.0628. The number of piperidine rings is 1. The number of thiocarbonyl (C=S) groups is 1. The van der Waals surface area contributed by atoms with Crippen LogP contribution in [0, 0.1) is 0 Å². The van der Waals surface area contributed by atoms with Crippen molar-refractivity contribution in [2.75, 3.05) is 24.6 Å². The maximum atomic E-state index is 12.8. The number of carbonyl (C=O) groups excluding carboxylic acids is 2. The highest BCUT2D eigenvalue weighted by Gasteiger charge is 2.29. The second-order valence-electron chi connectivity index (χ2n) is 8.63. The Hall–Kier alpha value is -2.39. The number of halogens is 1. The van der Waals surface area contributed by atoms with E-state index in [1.165, 1.54) is 36.6 Å². The fourth-order valence-corrected chi connectivity index (χ4v) is 5.75. The van der Waals surface area contributed by atoms with Crippen LogP contribution >= 0.6 is 35.6 Å². The van der Waals surface area contributed by atoms with Crippen LogP contribution in [0.1, 0.15) is 36.0 Å². The van der Waals surface area contributed by atoms with E-state index in [2.05, 4.69) is 34.5 Å². The maximum Gasteiger partial charge on any atom is 0.265 e. The monoisotopic (exact) mass is 513 g/mol. The number of carbonyl (C=O) groups is 2. The van der Waals surface area contributed by atoms with Crippen molar-refractivity contribution in [3.8, 4) is 5.75 Å². The van der Waals surface area contributed by atoms with Crippen molar-refractivity contribution in [1.82, 2.24) is 10.2 Å². The summed E-state index contributed by atoms with van der Waals surface area (Å²) in [5.74, 6) is 0.0989. The van der Waals surface area contributed by atoms with Gasteiger partial charge in [0, 0.05) is 6.54 Å². The zero-order valence-corrected chi connectivity index (χ0v) is 20.9. The molecule has 3 aliphatic heterocycles. The van der Waals surface area contributed by atoms with Gasteiger partial charge in [-0.2, -0.15) is 0 Å². The molecule has 2 saturated heterocycles. The summed E-state index contributed by atoms with van der Waals surface area (Å²) in [7, 11) is 0. The number of benzene rings is 2. The molecule has 0 atom stereocenters. The average Bonchev–Trinajstić information content (AvgIpc) is 3.14. The number of nitrogens with one attached hydrogen (secondary N) is 1. The molecule has 0 unspecified atom stereocenters. The van der Waals surface area contributed by atoms with Crippen LogP contribution < -0.4 is 15.0 Å². The smallest absolute Gasteiger partial charge is 0.265 e. The van der Waals surface area contributed by atoms with Crippen molar-refractivity contribution in [2.45, 2.75) is 32.4 Å². The van der Waals surface area contributed by atoms with Crippen molar-refractivity contribution < 1.29 is 14.3 Å². The molecule has 176 valence electrons. The highest BCUT2D eigenvalue weighted by atomic mass is 35.5. The van der Waals surface area contributed by atoms with Gasteiger partial charge in [0.05, 0.1) is 22.2 Å². The second kappa shape index (κ2) is 10.1. The first-order valence-electron chi connectivity index (χ1n) is 11.3. The van der Waals surface area contributed by atoms with E-state index in [9.17, 15) is 9.59 Å². The van der Waals surface area contributed by atoms with Gasteiger partial charge in [0.15, 0.2) is 12.4 Å². The summed E-state index contributed by atoms with van der Waals surface area (Å²) >= 11 is 12.8. The van der Waals surface area contributed by atoms with Crippen LogP contribution in [0.15, 0.2) is 41.3 Å². The molecule has 6 nitrogen and oxygen atoms in total. The number of thioether (sulfide) groups is 1. The van der Waals surface area contributed by atoms with Crippen LogP contribution in [0.3, 0.4) is 0 Å². The highest BCUT2D eigenvalue weighted by Crippen LogP contribution is 2.41. The Balaban J connectivity index is 1.37. The third kappa shape index (κ3) is 5.15. The van der Waals surface area contributed by atoms with E-state index >= 15 is 0 Å². The van der Waals surface area contributed by atoms with Gasteiger partial charge < -0.3 is 15.0 Å². The molecule has 0 saturated carbocycles. The summed E-state index contributed by atoms with van der Waals surface area (Å²) in [6.45, 7) is 3.63.